The number of nitrogens with zero attached hydrogens (tertiary/aromatic N) is 4. The maximum atomic E-state index is 12.9. The van der Waals surface area contributed by atoms with Crippen molar-refractivity contribution in [1.29, 1.82) is 0 Å². The summed E-state index contributed by atoms with van der Waals surface area (Å²) in [4.78, 5) is 37.7. The van der Waals surface area contributed by atoms with Gasteiger partial charge in [0.05, 0.1) is 18.2 Å². The molecule has 194 valence electrons. The molecule has 0 spiro atoms. The molecule has 0 unspecified atom stereocenters. The van der Waals surface area contributed by atoms with E-state index in [0.29, 0.717) is 35.7 Å². The molecule has 0 saturated carbocycles. The number of carboxylic acids is 1. The molecule has 0 radical (unpaired) electrons. The van der Waals surface area contributed by atoms with Crippen LogP contribution in [0.25, 0.3) is 11.4 Å². The molecule has 3 rings (SSSR count). The van der Waals surface area contributed by atoms with Crippen LogP contribution in [0.5, 0.6) is 0 Å². The molecule has 0 fully saturated rings. The third-order valence-corrected chi connectivity index (χ3v) is 5.51. The second kappa shape index (κ2) is 14.9. The molecule has 0 atom stereocenters. The van der Waals surface area contributed by atoms with Crippen LogP contribution in [-0.4, -0.2) is 62.7 Å². The van der Waals surface area contributed by atoms with Gasteiger partial charge in [-0.1, -0.05) is 17.2 Å². The van der Waals surface area contributed by atoms with E-state index in [1.807, 2.05) is 6.92 Å². The predicted octanol–water partition coefficient (Wildman–Crippen LogP) is -1.42. The summed E-state index contributed by atoms with van der Waals surface area (Å²) in [5, 5.41) is 37.3. The molecule has 12 nitrogen and oxygen atoms in total. The SMILES string of the molecule is CCCNC(=O)/C=C(\O)c1cc(NC(=O)c2ccc(-n3[nH]nnc3=S)cc2)ccc1N(CC)CC(=O)[O-].[K+]. The molecule has 0 bridgehead atoms. The van der Waals surface area contributed by atoms with E-state index in [-0.39, 0.29) is 67.5 Å². The smallest absolute Gasteiger partial charge is 0.548 e. The van der Waals surface area contributed by atoms with Crippen LogP contribution in [-0.2, 0) is 9.59 Å². The van der Waals surface area contributed by atoms with Gasteiger partial charge in [-0.2, -0.15) is 5.21 Å². The van der Waals surface area contributed by atoms with E-state index < -0.39 is 24.3 Å². The number of carboxylic acid groups (broad SMARTS) is 1. The van der Waals surface area contributed by atoms with Crippen LogP contribution >= 0.6 is 12.2 Å². The minimum absolute atomic E-state index is 0. The molecular weight excluding hydrogens is 537 g/mol. The average molecular weight is 564 g/mol. The van der Waals surface area contributed by atoms with Gasteiger partial charge in [-0.15, -0.1) is 0 Å². The number of aromatic nitrogens is 4. The molecular formula is C24H26KN7O5S. The van der Waals surface area contributed by atoms with Gasteiger partial charge in [0.25, 0.3) is 5.91 Å². The van der Waals surface area contributed by atoms with E-state index in [1.165, 1.54) is 15.6 Å². The van der Waals surface area contributed by atoms with Crippen LogP contribution < -0.4 is 72.0 Å². The number of aliphatic hydroxyl groups is 1. The number of aliphatic hydroxyl groups excluding tert-OH is 1. The Bertz CT molecular complexity index is 1370. The average Bonchev–Trinajstić information content (AvgIpc) is 3.31. The normalized spacial score (nSPS) is 10.8. The Balaban J connectivity index is 0.00000507. The fourth-order valence-corrected chi connectivity index (χ4v) is 3.64. The Morgan fingerprint density at radius 1 is 1.18 bits per heavy atom. The van der Waals surface area contributed by atoms with Gasteiger partial charge in [0, 0.05) is 41.7 Å². The van der Waals surface area contributed by atoms with Gasteiger partial charge in [-0.25, -0.2) is 4.68 Å². The summed E-state index contributed by atoms with van der Waals surface area (Å²) in [6.07, 6.45) is 1.73. The topological polar surface area (TPSA) is 168 Å². The molecule has 1 aromatic heterocycles. The summed E-state index contributed by atoms with van der Waals surface area (Å²) in [6.45, 7) is 3.94. The number of carbonyl (C=O) groups excluding carboxylic acids is 3. The number of nitrogens with one attached hydrogen (secondary N) is 3. The van der Waals surface area contributed by atoms with E-state index in [2.05, 4.69) is 26.2 Å². The van der Waals surface area contributed by atoms with Crippen molar-refractivity contribution in [2.45, 2.75) is 20.3 Å². The standard InChI is InChI=1S/C24H27N7O5S.K/c1-3-11-25-21(33)13-20(32)18-12-16(7-10-19(18)30(4-2)14-22(34)35)26-23(36)15-5-8-17(9-6-15)31-24(37)27-28-29-31;/h5-10,12-13,32H,3-4,11,14H2,1-2H3,(H,25,33)(H,26,36)(H,34,35)(H,27,29,37);/q;+1/p-1/b20-13-;. The summed E-state index contributed by atoms with van der Waals surface area (Å²) in [6, 6.07) is 11.1. The van der Waals surface area contributed by atoms with Crippen molar-refractivity contribution in [2.24, 2.45) is 0 Å². The summed E-state index contributed by atoms with van der Waals surface area (Å²) in [5.41, 5.74) is 1.84. The number of amides is 2. The van der Waals surface area contributed by atoms with Gasteiger partial charge in [0.15, 0.2) is 0 Å². The molecule has 38 heavy (non-hydrogen) atoms. The molecule has 0 aliphatic heterocycles. The molecule has 0 saturated heterocycles. The number of hydrogen-bond acceptors (Lipinski definition) is 9. The summed E-state index contributed by atoms with van der Waals surface area (Å²) in [5.74, 6) is -2.62. The van der Waals surface area contributed by atoms with Crippen molar-refractivity contribution < 1.29 is 76.0 Å². The zero-order chi connectivity index (χ0) is 26.9. The molecule has 4 N–H and O–H groups in total. The van der Waals surface area contributed by atoms with Crippen molar-refractivity contribution in [3.63, 3.8) is 0 Å². The number of aromatic amines is 1. The van der Waals surface area contributed by atoms with Gasteiger partial charge in [0.1, 0.15) is 5.76 Å². The molecule has 14 heteroatoms. The molecule has 2 amide bonds. The monoisotopic (exact) mass is 563 g/mol. The van der Waals surface area contributed by atoms with E-state index >= 15 is 0 Å². The number of rotatable bonds is 11. The Labute approximate surface area is 266 Å². The van der Waals surface area contributed by atoms with Crippen LogP contribution in [0.2, 0.25) is 0 Å². The fraction of sp³-hybridized carbons (Fsp3) is 0.250. The Morgan fingerprint density at radius 2 is 1.89 bits per heavy atom. The number of anilines is 2. The Kier molecular flexibility index (Phi) is 12.3. The molecule has 0 aliphatic carbocycles. The van der Waals surface area contributed by atoms with Crippen LogP contribution in [0.4, 0.5) is 11.4 Å². The summed E-state index contributed by atoms with van der Waals surface area (Å²) >= 11 is 5.07. The first-order chi connectivity index (χ1) is 17.7. The molecule has 1 heterocycles. The Hall–Kier alpha value is -2.88. The van der Waals surface area contributed by atoms with E-state index in [0.717, 1.165) is 12.5 Å². The van der Waals surface area contributed by atoms with Crippen molar-refractivity contribution in [1.82, 2.24) is 25.5 Å². The summed E-state index contributed by atoms with van der Waals surface area (Å²) < 4.78 is 1.71. The van der Waals surface area contributed by atoms with Crippen LogP contribution in [0, 0.1) is 4.77 Å². The van der Waals surface area contributed by atoms with E-state index in [4.69, 9.17) is 12.2 Å². The van der Waals surface area contributed by atoms with Gasteiger partial charge in [-0.05, 0) is 68.0 Å². The first kappa shape index (κ1) is 31.3. The molecule has 2 aromatic carbocycles. The van der Waals surface area contributed by atoms with Crippen molar-refractivity contribution in [3.8, 4) is 5.69 Å². The molecule has 3 aromatic rings. The first-order valence-corrected chi connectivity index (χ1v) is 11.8. The van der Waals surface area contributed by atoms with Crippen molar-refractivity contribution in [2.75, 3.05) is 29.9 Å². The minimum Gasteiger partial charge on any atom is -0.548 e. The second-order valence-corrected chi connectivity index (χ2v) is 8.22. The number of aliphatic carboxylic acids is 1. The quantitative estimate of drug-likeness (QED) is 0.0947. The van der Waals surface area contributed by atoms with Gasteiger partial charge in [0.2, 0.25) is 10.7 Å². The zero-order valence-electron chi connectivity index (χ0n) is 21.2. The van der Waals surface area contributed by atoms with Crippen molar-refractivity contribution >= 4 is 47.1 Å². The third-order valence-electron chi connectivity index (χ3n) is 5.25. The van der Waals surface area contributed by atoms with Crippen LogP contribution in [0.15, 0.2) is 48.5 Å². The van der Waals surface area contributed by atoms with E-state index in [1.54, 1.807) is 43.3 Å². The number of tetrazole rings is 1. The van der Waals surface area contributed by atoms with Gasteiger partial charge < -0.3 is 30.5 Å². The van der Waals surface area contributed by atoms with E-state index in [9.17, 15) is 24.6 Å². The van der Waals surface area contributed by atoms with Crippen molar-refractivity contribution in [3.05, 3.63) is 64.4 Å². The third kappa shape index (κ3) is 8.31. The minimum atomic E-state index is -1.30. The Morgan fingerprint density at radius 3 is 2.47 bits per heavy atom. The molecule has 0 aliphatic rings. The largest absolute Gasteiger partial charge is 1.00 e. The van der Waals surface area contributed by atoms with Gasteiger partial charge in [-0.3, -0.25) is 9.59 Å². The number of H-pyrrole nitrogens is 1. The van der Waals surface area contributed by atoms with Gasteiger partial charge >= 0.3 is 51.4 Å². The number of benzene rings is 2. The van der Waals surface area contributed by atoms with Crippen LogP contribution in [0.3, 0.4) is 0 Å². The number of carbonyl (C=O) groups is 3. The predicted molar refractivity (Wildman–Crippen MR) is 138 cm³/mol. The fourth-order valence-electron chi connectivity index (χ4n) is 3.45. The van der Waals surface area contributed by atoms with Crippen LogP contribution in [0.1, 0.15) is 36.2 Å². The second-order valence-electron chi connectivity index (χ2n) is 7.86. The maximum absolute atomic E-state index is 12.9. The number of hydrogen-bond donors (Lipinski definition) is 4. The summed E-state index contributed by atoms with van der Waals surface area (Å²) in [7, 11) is 0. The zero-order valence-corrected chi connectivity index (χ0v) is 25.2. The maximum Gasteiger partial charge on any atom is 1.00 e. The first-order valence-electron chi connectivity index (χ1n) is 11.4. The number of likely N-dealkylation sites (N-methyl/N-ethyl adjacent to an activating group) is 1.